The lowest BCUT2D eigenvalue weighted by atomic mass is 9.98. The Balaban J connectivity index is 1.46. The fourth-order valence-corrected chi connectivity index (χ4v) is 3.85. The Morgan fingerprint density at radius 3 is 2.35 bits per heavy atom. The number of hydrogen-bond acceptors (Lipinski definition) is 5. The summed E-state index contributed by atoms with van der Waals surface area (Å²) < 4.78 is 1.33. The van der Waals surface area contributed by atoms with Gasteiger partial charge in [-0.3, -0.25) is 14.4 Å². The lowest BCUT2D eigenvalue weighted by Gasteiger charge is -2.11. The van der Waals surface area contributed by atoms with Gasteiger partial charge >= 0.3 is 0 Å². The Morgan fingerprint density at radius 2 is 1.61 bits per heavy atom. The second-order valence-electron chi connectivity index (χ2n) is 6.75. The summed E-state index contributed by atoms with van der Waals surface area (Å²) >= 11 is 1.54. The van der Waals surface area contributed by atoms with Gasteiger partial charge in [-0.2, -0.15) is 5.10 Å². The van der Waals surface area contributed by atoms with Gasteiger partial charge in [0.15, 0.2) is 5.78 Å². The van der Waals surface area contributed by atoms with Crippen molar-refractivity contribution in [1.29, 1.82) is 0 Å². The Bertz CT molecular complexity index is 1260. The number of amides is 1. The van der Waals surface area contributed by atoms with Gasteiger partial charge in [0.1, 0.15) is 5.69 Å². The van der Waals surface area contributed by atoms with Crippen molar-refractivity contribution in [2.24, 2.45) is 0 Å². The van der Waals surface area contributed by atoms with Crippen LogP contribution >= 0.6 is 11.3 Å². The first-order chi connectivity index (χ1) is 15.1. The van der Waals surface area contributed by atoms with Gasteiger partial charge in [0, 0.05) is 23.7 Å². The van der Waals surface area contributed by atoms with Gasteiger partial charge in [-0.05, 0) is 23.6 Å². The number of rotatable bonds is 7. The minimum absolute atomic E-state index is 0.202. The van der Waals surface area contributed by atoms with Crippen LogP contribution in [0.2, 0.25) is 0 Å². The highest BCUT2D eigenvalue weighted by molar-refractivity contribution is 7.13. The van der Waals surface area contributed by atoms with Crippen molar-refractivity contribution in [3.8, 4) is 10.6 Å². The Hall–Kier alpha value is -3.84. The van der Waals surface area contributed by atoms with E-state index in [0.717, 1.165) is 4.88 Å². The molecule has 0 spiro atoms. The zero-order valence-corrected chi connectivity index (χ0v) is 17.3. The fraction of sp³-hybridized carbons (Fsp3) is 0.0833. The number of aromatic nitrogens is 2. The summed E-state index contributed by atoms with van der Waals surface area (Å²) in [6, 6.07) is 22.6. The molecule has 4 aromatic rings. The van der Waals surface area contributed by atoms with Gasteiger partial charge < -0.3 is 5.32 Å². The third-order valence-corrected chi connectivity index (χ3v) is 5.59. The zero-order chi connectivity index (χ0) is 21.6. The molecular formula is C24H19N3O3S. The summed E-state index contributed by atoms with van der Waals surface area (Å²) in [5, 5.41) is 9.11. The summed E-state index contributed by atoms with van der Waals surface area (Å²) in [6.45, 7) is 0.423. The number of benzene rings is 2. The standard InChI is InChI=1S/C24H19N3O3S/c28-22-13-12-20(21-11-6-16-31-21)26-27(22)15-14-25-24(30)19-10-5-4-9-18(19)23(29)17-7-2-1-3-8-17/h1-13,16H,14-15H2,(H,25,30). The largest absolute Gasteiger partial charge is 0.350 e. The van der Waals surface area contributed by atoms with E-state index in [0.29, 0.717) is 22.4 Å². The van der Waals surface area contributed by atoms with Gasteiger partial charge in [0.25, 0.3) is 11.5 Å². The number of thiophene rings is 1. The van der Waals surface area contributed by atoms with Crippen LogP contribution in [-0.4, -0.2) is 28.0 Å². The number of nitrogens with zero attached hydrogens (tertiary/aromatic N) is 2. The van der Waals surface area contributed by atoms with E-state index in [1.165, 1.54) is 22.1 Å². The van der Waals surface area contributed by atoms with Gasteiger partial charge in [-0.25, -0.2) is 4.68 Å². The van der Waals surface area contributed by atoms with E-state index in [1.807, 2.05) is 23.6 Å². The van der Waals surface area contributed by atoms with Crippen LogP contribution in [0, 0.1) is 0 Å². The molecule has 0 fully saturated rings. The first-order valence-electron chi connectivity index (χ1n) is 9.72. The van der Waals surface area contributed by atoms with Crippen molar-refractivity contribution in [1.82, 2.24) is 15.1 Å². The maximum absolute atomic E-state index is 12.8. The zero-order valence-electron chi connectivity index (χ0n) is 16.5. The van der Waals surface area contributed by atoms with Gasteiger partial charge in [0.2, 0.25) is 0 Å². The molecule has 7 heteroatoms. The Morgan fingerprint density at radius 1 is 0.871 bits per heavy atom. The highest BCUT2D eigenvalue weighted by Crippen LogP contribution is 2.21. The number of hydrogen-bond donors (Lipinski definition) is 1. The first-order valence-corrected chi connectivity index (χ1v) is 10.6. The smallest absolute Gasteiger partial charge is 0.266 e. The first kappa shape index (κ1) is 20.4. The number of nitrogens with one attached hydrogen (secondary N) is 1. The third kappa shape index (κ3) is 4.67. The van der Waals surface area contributed by atoms with E-state index >= 15 is 0 Å². The van der Waals surface area contributed by atoms with Crippen LogP contribution < -0.4 is 10.9 Å². The normalized spacial score (nSPS) is 10.6. The fourth-order valence-electron chi connectivity index (χ4n) is 3.16. The molecule has 154 valence electrons. The molecule has 2 heterocycles. The lowest BCUT2D eigenvalue weighted by Crippen LogP contribution is -2.32. The summed E-state index contributed by atoms with van der Waals surface area (Å²) in [5.41, 5.74) is 1.61. The van der Waals surface area contributed by atoms with Gasteiger partial charge in [0.05, 0.1) is 17.0 Å². The molecular weight excluding hydrogens is 410 g/mol. The quantitative estimate of drug-likeness (QED) is 0.455. The molecule has 0 aliphatic heterocycles. The van der Waals surface area contributed by atoms with E-state index in [1.54, 1.807) is 54.6 Å². The van der Waals surface area contributed by atoms with Crippen LogP contribution in [0.3, 0.4) is 0 Å². The van der Waals surface area contributed by atoms with Gasteiger partial charge in [-0.15, -0.1) is 11.3 Å². The predicted molar refractivity (Wildman–Crippen MR) is 120 cm³/mol. The summed E-state index contributed by atoms with van der Waals surface area (Å²) in [7, 11) is 0. The highest BCUT2D eigenvalue weighted by atomic mass is 32.1. The number of carbonyl (C=O) groups is 2. The summed E-state index contributed by atoms with van der Waals surface area (Å²) in [6.07, 6.45) is 0. The van der Waals surface area contributed by atoms with Crippen LogP contribution in [0.4, 0.5) is 0 Å². The summed E-state index contributed by atoms with van der Waals surface area (Å²) in [5.74, 6) is -0.588. The second-order valence-corrected chi connectivity index (χ2v) is 7.70. The van der Waals surface area contributed by atoms with E-state index in [9.17, 15) is 14.4 Å². The van der Waals surface area contributed by atoms with Crippen molar-refractivity contribution < 1.29 is 9.59 Å². The van der Waals surface area contributed by atoms with Crippen molar-refractivity contribution >= 4 is 23.0 Å². The molecule has 0 aliphatic rings. The minimum atomic E-state index is -0.373. The molecule has 0 saturated carbocycles. The maximum atomic E-state index is 12.8. The third-order valence-electron chi connectivity index (χ3n) is 4.70. The van der Waals surface area contributed by atoms with Crippen molar-refractivity contribution in [2.75, 3.05) is 6.54 Å². The van der Waals surface area contributed by atoms with Crippen molar-refractivity contribution in [3.05, 3.63) is 111 Å². The molecule has 0 saturated heterocycles. The van der Waals surface area contributed by atoms with Crippen LogP contribution in [-0.2, 0) is 6.54 Å². The Labute approximate surface area is 182 Å². The molecule has 2 aromatic carbocycles. The van der Waals surface area contributed by atoms with Crippen LogP contribution in [0.15, 0.2) is 89.0 Å². The molecule has 2 aromatic heterocycles. The van der Waals surface area contributed by atoms with E-state index in [2.05, 4.69) is 10.4 Å². The molecule has 1 amide bonds. The molecule has 0 unspecified atom stereocenters. The molecule has 4 rings (SSSR count). The monoisotopic (exact) mass is 429 g/mol. The van der Waals surface area contributed by atoms with Crippen LogP contribution in [0.1, 0.15) is 26.3 Å². The van der Waals surface area contributed by atoms with Crippen molar-refractivity contribution in [2.45, 2.75) is 6.54 Å². The van der Waals surface area contributed by atoms with E-state index in [4.69, 9.17) is 0 Å². The second kappa shape index (κ2) is 9.32. The van der Waals surface area contributed by atoms with E-state index < -0.39 is 0 Å². The van der Waals surface area contributed by atoms with E-state index in [-0.39, 0.29) is 30.3 Å². The minimum Gasteiger partial charge on any atom is -0.350 e. The average molecular weight is 430 g/mol. The Kier molecular flexibility index (Phi) is 6.14. The lowest BCUT2D eigenvalue weighted by molar-refractivity contribution is 0.0940. The van der Waals surface area contributed by atoms with Crippen LogP contribution in [0.25, 0.3) is 10.6 Å². The molecule has 6 nitrogen and oxygen atoms in total. The number of ketones is 1. The summed E-state index contributed by atoms with van der Waals surface area (Å²) in [4.78, 5) is 38.7. The molecule has 0 radical (unpaired) electrons. The van der Waals surface area contributed by atoms with Crippen molar-refractivity contribution in [3.63, 3.8) is 0 Å². The van der Waals surface area contributed by atoms with Crippen LogP contribution in [0.5, 0.6) is 0 Å². The maximum Gasteiger partial charge on any atom is 0.266 e. The number of carbonyl (C=O) groups excluding carboxylic acids is 2. The average Bonchev–Trinajstić information content (AvgIpc) is 3.35. The predicted octanol–water partition coefficient (Wildman–Crippen LogP) is 3.63. The SMILES string of the molecule is O=C(NCCn1nc(-c2cccs2)ccc1=O)c1ccccc1C(=O)c1ccccc1. The molecule has 0 aliphatic carbocycles. The topological polar surface area (TPSA) is 81.1 Å². The highest BCUT2D eigenvalue weighted by Gasteiger charge is 2.17. The molecule has 0 bridgehead atoms. The molecule has 31 heavy (non-hydrogen) atoms. The van der Waals surface area contributed by atoms with Gasteiger partial charge in [-0.1, -0.05) is 54.6 Å². The molecule has 1 N–H and O–H groups in total. The molecule has 0 atom stereocenters.